The Labute approximate surface area is 173 Å². The average molecular weight is 441 g/mol. The zero-order chi connectivity index (χ0) is 20.4. The molecule has 1 unspecified atom stereocenters. The largest absolute Gasteiger partial charge is 0.445 e. The van der Waals surface area contributed by atoms with Gasteiger partial charge in [0.1, 0.15) is 5.04 Å². The Morgan fingerprint density at radius 3 is 2.75 bits per heavy atom. The number of amidine groups is 2. The smallest absolute Gasteiger partial charge is 0.300 e. The van der Waals surface area contributed by atoms with E-state index in [9.17, 15) is 14.4 Å². The predicted molar refractivity (Wildman–Crippen MR) is 111 cm³/mol. The Kier molecular flexibility index (Phi) is 6.25. The summed E-state index contributed by atoms with van der Waals surface area (Å²) < 4.78 is 2.12. The Bertz CT molecular complexity index is 937. The summed E-state index contributed by atoms with van der Waals surface area (Å²) in [5, 5.41) is 11.5. The van der Waals surface area contributed by atoms with Gasteiger partial charge >= 0.3 is 11.9 Å². The zero-order valence-electron chi connectivity index (χ0n) is 15.6. The van der Waals surface area contributed by atoms with E-state index in [2.05, 4.69) is 25.5 Å². The summed E-state index contributed by atoms with van der Waals surface area (Å²) in [5.74, 6) is 0.193. The maximum atomic E-state index is 12.6. The lowest BCUT2D eigenvalue weighted by molar-refractivity contribution is -0.407. The minimum Gasteiger partial charge on any atom is -0.300 e. The first-order valence-electron chi connectivity index (χ1n) is 8.26. The number of amides is 4. The molecule has 0 saturated heterocycles. The molecule has 0 fully saturated rings. The molecule has 1 aromatic heterocycles. The second-order valence-electron chi connectivity index (χ2n) is 5.78. The third kappa shape index (κ3) is 4.15. The number of aliphatic imine (C=N–C) groups is 2. The van der Waals surface area contributed by atoms with Gasteiger partial charge in [-0.2, -0.15) is 9.48 Å². The van der Waals surface area contributed by atoms with Gasteiger partial charge in [-0.25, -0.2) is 9.79 Å². The topological polar surface area (TPSA) is 120 Å². The van der Waals surface area contributed by atoms with Gasteiger partial charge in [0.15, 0.2) is 10.3 Å². The van der Waals surface area contributed by atoms with Gasteiger partial charge in [-0.15, -0.1) is 10.2 Å². The molecule has 3 rings (SSSR count). The lowest BCUT2D eigenvalue weighted by atomic mass is 10.1. The zero-order valence-corrected chi connectivity index (χ0v) is 18.1. The Morgan fingerprint density at radius 2 is 2.04 bits per heavy atom. The summed E-state index contributed by atoms with van der Waals surface area (Å²) in [6.07, 6.45) is 0. The third-order valence-electron chi connectivity index (χ3n) is 3.82. The molecule has 1 aromatic rings. The summed E-state index contributed by atoms with van der Waals surface area (Å²) >= 11 is 4.00. The van der Waals surface area contributed by atoms with Crippen LogP contribution in [0.2, 0.25) is 0 Å². The van der Waals surface area contributed by atoms with E-state index in [4.69, 9.17) is 0 Å². The van der Waals surface area contributed by atoms with Gasteiger partial charge in [0.05, 0.1) is 19.8 Å². The van der Waals surface area contributed by atoms with Crippen molar-refractivity contribution >= 4 is 74.6 Å². The number of rotatable bonds is 5. The first-order valence-corrected chi connectivity index (χ1v) is 11.1. The maximum absolute atomic E-state index is 12.6. The van der Waals surface area contributed by atoms with Crippen LogP contribution in [0.3, 0.4) is 0 Å². The van der Waals surface area contributed by atoms with Crippen molar-refractivity contribution in [3.8, 4) is 0 Å². The number of carbonyl (C=O) groups excluding carboxylic acids is 3. The van der Waals surface area contributed by atoms with Gasteiger partial charge in [-0.05, 0) is 5.75 Å². The predicted octanol–water partition coefficient (Wildman–Crippen LogP) is 1.40. The molecule has 0 spiro atoms. The molecule has 10 nitrogen and oxygen atoms in total. The highest BCUT2D eigenvalue weighted by atomic mass is 32.2. The fourth-order valence-electron chi connectivity index (χ4n) is 2.54. The van der Waals surface area contributed by atoms with Gasteiger partial charge in [-0.1, -0.05) is 46.8 Å². The van der Waals surface area contributed by atoms with E-state index in [0.717, 1.165) is 26.8 Å². The van der Waals surface area contributed by atoms with Gasteiger partial charge in [0.25, 0.3) is 5.84 Å². The van der Waals surface area contributed by atoms with Crippen molar-refractivity contribution in [3.05, 3.63) is 0 Å². The van der Waals surface area contributed by atoms with E-state index >= 15 is 0 Å². The Morgan fingerprint density at radius 1 is 1.29 bits per heavy atom. The number of urea groups is 1. The van der Waals surface area contributed by atoms with Gasteiger partial charge < -0.3 is 0 Å². The van der Waals surface area contributed by atoms with Gasteiger partial charge in [0, 0.05) is 6.92 Å². The quantitative estimate of drug-likeness (QED) is 0.417. The number of hydrogen-bond donors (Lipinski definition) is 1. The van der Waals surface area contributed by atoms with Crippen molar-refractivity contribution in [3.63, 3.8) is 0 Å². The van der Waals surface area contributed by atoms with E-state index in [1.165, 1.54) is 23.0 Å². The van der Waals surface area contributed by atoms with Crippen molar-refractivity contribution in [1.29, 1.82) is 0 Å². The van der Waals surface area contributed by atoms with Crippen molar-refractivity contribution in [2.75, 3.05) is 30.9 Å². The Hall–Kier alpha value is -2.12. The number of aromatic nitrogens is 2. The molecular formula is C15H18N7O3S3+. The molecule has 13 heteroatoms. The first-order chi connectivity index (χ1) is 13.3. The van der Waals surface area contributed by atoms with Crippen LogP contribution in [0, 0.1) is 5.92 Å². The van der Waals surface area contributed by atoms with Crippen LogP contribution in [0.4, 0.5) is 9.93 Å². The number of thioether (sulfide) groups is 2. The lowest BCUT2D eigenvalue weighted by Crippen LogP contribution is -2.54. The number of carbonyl (C=O) groups is 3. The molecule has 0 radical (unpaired) electrons. The normalized spacial score (nSPS) is 19.4. The first kappa shape index (κ1) is 20.6. The minimum atomic E-state index is -0.789. The second-order valence-corrected chi connectivity index (χ2v) is 9.27. The number of imide groups is 1. The van der Waals surface area contributed by atoms with Crippen LogP contribution in [0.1, 0.15) is 13.8 Å². The number of hydrogen-bond acceptors (Lipinski definition) is 10. The highest BCUT2D eigenvalue weighted by Gasteiger charge is 2.48. The van der Waals surface area contributed by atoms with E-state index in [1.54, 1.807) is 25.7 Å². The fourth-order valence-corrected chi connectivity index (χ4v) is 5.12. The van der Waals surface area contributed by atoms with Crippen LogP contribution < -0.4 is 5.32 Å². The van der Waals surface area contributed by atoms with Crippen LogP contribution >= 0.6 is 34.9 Å². The highest BCUT2D eigenvalue weighted by Crippen LogP contribution is 2.27. The minimum absolute atomic E-state index is 0.0420. The van der Waals surface area contributed by atoms with Crippen molar-refractivity contribution < 1.29 is 19.0 Å². The van der Waals surface area contributed by atoms with E-state index in [0.29, 0.717) is 21.8 Å². The Balaban J connectivity index is 1.71. The van der Waals surface area contributed by atoms with Crippen molar-refractivity contribution in [2.24, 2.45) is 15.9 Å². The molecule has 1 atom stereocenters. The van der Waals surface area contributed by atoms with E-state index < -0.39 is 17.9 Å². The van der Waals surface area contributed by atoms with Crippen LogP contribution in [0.5, 0.6) is 0 Å². The number of nitrogens with zero attached hydrogens (tertiary/aromatic N) is 6. The summed E-state index contributed by atoms with van der Waals surface area (Å²) in [7, 11) is 2.98. The summed E-state index contributed by atoms with van der Waals surface area (Å²) in [6.45, 7) is 3.69. The van der Waals surface area contributed by atoms with Crippen molar-refractivity contribution in [1.82, 2.24) is 15.1 Å². The molecule has 3 heterocycles. The molecular weight excluding hydrogens is 422 g/mol. The molecule has 2 aliphatic rings. The number of nitrogens with one attached hydrogen (secondary N) is 1. The maximum Gasteiger partial charge on any atom is 0.445 e. The average Bonchev–Trinajstić information content (AvgIpc) is 3.09. The van der Waals surface area contributed by atoms with Crippen LogP contribution in [-0.2, 0) is 9.59 Å². The van der Waals surface area contributed by atoms with E-state index in [-0.39, 0.29) is 11.7 Å². The lowest BCUT2D eigenvalue weighted by Gasteiger charge is -2.26. The molecule has 0 aliphatic carbocycles. The molecule has 2 aliphatic heterocycles. The van der Waals surface area contributed by atoms with Crippen molar-refractivity contribution in [2.45, 2.75) is 18.2 Å². The van der Waals surface area contributed by atoms with Gasteiger partial charge in [0.2, 0.25) is 16.9 Å². The standard InChI is InChI=1S/C15H17N7O3S3/c1-5-26-14-20-19-13(28-14)18-8(23)6-27-11-9-10(16-7(2)17-11)21(3)15(25)22(4)12(9)24/h9H,5-6H2,1-4H3/p+1. The van der Waals surface area contributed by atoms with E-state index in [1.807, 2.05) is 6.92 Å². The number of fused-ring (bicyclic) bond motifs is 1. The molecule has 148 valence electrons. The fraction of sp³-hybridized carbons (Fsp3) is 0.467. The molecule has 0 saturated carbocycles. The molecule has 28 heavy (non-hydrogen) atoms. The summed E-state index contributed by atoms with van der Waals surface area (Å²) in [4.78, 5) is 46.6. The SMILES string of the molecule is CCSc1nnc(NC(=O)CSC2=NC(C)=NC3=[N+](C)C(=O)N(C)C(=O)C23)s1. The number of anilines is 1. The highest BCUT2D eigenvalue weighted by molar-refractivity contribution is 8.14. The van der Waals surface area contributed by atoms with Crippen LogP contribution in [0.15, 0.2) is 14.3 Å². The second kappa shape index (κ2) is 8.49. The van der Waals surface area contributed by atoms with Gasteiger partial charge in [-0.3, -0.25) is 14.9 Å². The molecule has 1 N–H and O–H groups in total. The third-order valence-corrected chi connectivity index (χ3v) is 6.70. The van der Waals surface area contributed by atoms with Crippen LogP contribution in [-0.4, -0.2) is 79.8 Å². The monoisotopic (exact) mass is 440 g/mol. The van der Waals surface area contributed by atoms with Crippen LogP contribution in [0.25, 0.3) is 0 Å². The molecule has 0 bridgehead atoms. The molecule has 0 aromatic carbocycles. The summed E-state index contributed by atoms with van der Waals surface area (Å²) in [5.41, 5.74) is 0. The summed E-state index contributed by atoms with van der Waals surface area (Å²) in [6, 6.07) is -0.450. The molecule has 4 amide bonds.